The Kier molecular flexibility index (Phi) is 3.11. The highest BCUT2D eigenvalue weighted by Gasteiger charge is 2.40. The van der Waals surface area contributed by atoms with Crippen LogP contribution in [0.4, 0.5) is 0 Å². The molecule has 0 bridgehead atoms. The average molecular weight is 209 g/mol. The van der Waals surface area contributed by atoms with Gasteiger partial charge in [0.05, 0.1) is 7.11 Å². The van der Waals surface area contributed by atoms with Crippen LogP contribution in [0.15, 0.2) is 0 Å². The van der Waals surface area contributed by atoms with Crippen LogP contribution in [0, 0.1) is 0 Å². The maximum absolute atomic E-state index is 10.8. The molecule has 0 spiro atoms. The molecule has 1 aliphatic rings. The summed E-state index contributed by atoms with van der Waals surface area (Å²) < 4.78 is 8.91. The van der Waals surface area contributed by atoms with E-state index in [1.165, 1.54) is 0 Å². The van der Waals surface area contributed by atoms with Crippen molar-refractivity contribution >= 4 is 23.5 Å². The topological polar surface area (TPSA) is 72.8 Å². The SMILES string of the molecule is COC(=O)[C@@H](O)[C@H]1C[C@H](Cl)C(=O)O1. The largest absolute Gasteiger partial charge is 0.467 e. The summed E-state index contributed by atoms with van der Waals surface area (Å²) in [6.45, 7) is 0. The molecule has 1 aliphatic heterocycles. The number of esters is 2. The van der Waals surface area contributed by atoms with E-state index >= 15 is 0 Å². The lowest BCUT2D eigenvalue weighted by Crippen LogP contribution is -2.34. The summed E-state index contributed by atoms with van der Waals surface area (Å²) in [5.74, 6) is -1.45. The third-order valence-electron chi connectivity index (χ3n) is 1.76. The lowest BCUT2D eigenvalue weighted by atomic mass is 10.1. The molecule has 3 atom stereocenters. The van der Waals surface area contributed by atoms with Crippen LogP contribution >= 0.6 is 11.6 Å². The molecule has 1 fully saturated rings. The molecule has 0 aromatic rings. The number of hydrogen-bond donors (Lipinski definition) is 1. The fourth-order valence-corrected chi connectivity index (χ4v) is 1.26. The van der Waals surface area contributed by atoms with Crippen LogP contribution in [-0.2, 0) is 19.1 Å². The summed E-state index contributed by atoms with van der Waals surface area (Å²) in [5, 5.41) is 8.45. The molecule has 1 rings (SSSR count). The van der Waals surface area contributed by atoms with E-state index in [4.69, 9.17) is 11.6 Å². The zero-order chi connectivity index (χ0) is 10.0. The number of aliphatic hydroxyl groups is 1. The van der Waals surface area contributed by atoms with Crippen LogP contribution in [-0.4, -0.2) is 41.7 Å². The van der Waals surface area contributed by atoms with Gasteiger partial charge in [-0.2, -0.15) is 0 Å². The predicted octanol–water partition coefficient (Wildman–Crippen LogP) is -0.557. The predicted molar refractivity (Wildman–Crippen MR) is 42.2 cm³/mol. The molecule has 0 aromatic heterocycles. The lowest BCUT2D eigenvalue weighted by Gasteiger charge is -2.13. The minimum atomic E-state index is -1.45. The van der Waals surface area contributed by atoms with Crippen LogP contribution < -0.4 is 0 Å². The zero-order valence-electron chi connectivity index (χ0n) is 6.90. The second-order valence-corrected chi connectivity index (χ2v) is 3.17. The number of halogens is 1. The van der Waals surface area contributed by atoms with Crippen molar-refractivity contribution in [3.8, 4) is 0 Å². The van der Waals surface area contributed by atoms with Gasteiger partial charge in [0.2, 0.25) is 0 Å². The van der Waals surface area contributed by atoms with Gasteiger partial charge in [-0.05, 0) is 0 Å². The molecule has 0 amide bonds. The van der Waals surface area contributed by atoms with Gasteiger partial charge >= 0.3 is 11.9 Å². The number of cyclic esters (lactones) is 1. The first-order valence-corrected chi connectivity index (χ1v) is 4.10. The number of carbonyl (C=O) groups is 2. The van der Waals surface area contributed by atoms with Crippen molar-refractivity contribution in [2.24, 2.45) is 0 Å². The Hall–Kier alpha value is -0.810. The molecule has 6 heteroatoms. The summed E-state index contributed by atoms with van der Waals surface area (Å²) in [7, 11) is 1.14. The fraction of sp³-hybridized carbons (Fsp3) is 0.714. The Morgan fingerprint density at radius 3 is 2.85 bits per heavy atom. The Balaban J connectivity index is 2.55. The van der Waals surface area contributed by atoms with Gasteiger partial charge in [0.1, 0.15) is 11.5 Å². The van der Waals surface area contributed by atoms with Gasteiger partial charge in [0.25, 0.3) is 0 Å². The molecule has 0 saturated carbocycles. The number of methoxy groups -OCH3 is 1. The minimum absolute atomic E-state index is 0.122. The van der Waals surface area contributed by atoms with Crippen molar-refractivity contribution in [3.05, 3.63) is 0 Å². The van der Waals surface area contributed by atoms with Gasteiger partial charge in [-0.3, -0.25) is 4.79 Å². The first kappa shape index (κ1) is 10.3. The van der Waals surface area contributed by atoms with Gasteiger partial charge < -0.3 is 14.6 Å². The molecular weight excluding hydrogens is 200 g/mol. The number of aliphatic hydroxyl groups excluding tert-OH is 1. The van der Waals surface area contributed by atoms with E-state index in [-0.39, 0.29) is 6.42 Å². The molecule has 1 N–H and O–H groups in total. The number of carbonyl (C=O) groups excluding carboxylic acids is 2. The second-order valence-electron chi connectivity index (χ2n) is 2.65. The Bertz CT molecular complexity index is 229. The van der Waals surface area contributed by atoms with Gasteiger partial charge in [-0.25, -0.2) is 4.79 Å². The summed E-state index contributed by atoms with van der Waals surface area (Å²) in [6, 6.07) is 0. The Morgan fingerprint density at radius 2 is 2.46 bits per heavy atom. The van der Waals surface area contributed by atoms with E-state index in [1.54, 1.807) is 0 Å². The zero-order valence-corrected chi connectivity index (χ0v) is 7.65. The Morgan fingerprint density at radius 1 is 1.85 bits per heavy atom. The number of hydrogen-bond acceptors (Lipinski definition) is 5. The molecule has 1 saturated heterocycles. The molecule has 1 heterocycles. The molecule has 0 aliphatic carbocycles. The number of ether oxygens (including phenoxy) is 2. The lowest BCUT2D eigenvalue weighted by molar-refractivity contribution is -0.161. The maximum Gasteiger partial charge on any atom is 0.338 e. The van der Waals surface area contributed by atoms with Crippen molar-refractivity contribution in [1.82, 2.24) is 0 Å². The van der Waals surface area contributed by atoms with Crippen LogP contribution in [0.2, 0.25) is 0 Å². The number of rotatable bonds is 2. The average Bonchev–Trinajstić information content (AvgIpc) is 2.44. The standard InChI is InChI=1S/C7H9ClO5/c1-12-7(11)5(9)4-2-3(8)6(10)13-4/h3-5,9H,2H2,1H3/t3-,4+,5-/m0/s1. The third kappa shape index (κ3) is 2.10. The van der Waals surface area contributed by atoms with Crippen LogP contribution in [0.25, 0.3) is 0 Å². The monoisotopic (exact) mass is 208 g/mol. The van der Waals surface area contributed by atoms with Gasteiger partial charge in [0, 0.05) is 6.42 Å². The molecule has 5 nitrogen and oxygen atoms in total. The summed E-state index contributed by atoms with van der Waals surface area (Å²) in [5.41, 5.74) is 0. The van der Waals surface area contributed by atoms with Crippen molar-refractivity contribution in [3.63, 3.8) is 0 Å². The molecule has 0 aromatic carbocycles. The third-order valence-corrected chi connectivity index (χ3v) is 2.11. The molecular formula is C7H9ClO5. The van der Waals surface area contributed by atoms with Crippen LogP contribution in [0.3, 0.4) is 0 Å². The fourth-order valence-electron chi connectivity index (χ4n) is 1.04. The van der Waals surface area contributed by atoms with Crippen molar-refractivity contribution in [1.29, 1.82) is 0 Å². The molecule has 13 heavy (non-hydrogen) atoms. The highest BCUT2D eigenvalue weighted by Crippen LogP contribution is 2.22. The van der Waals surface area contributed by atoms with E-state index in [9.17, 15) is 14.7 Å². The first-order valence-electron chi connectivity index (χ1n) is 3.66. The van der Waals surface area contributed by atoms with E-state index < -0.39 is 29.5 Å². The van der Waals surface area contributed by atoms with Crippen molar-refractivity contribution in [2.45, 2.75) is 24.0 Å². The Labute approximate surface area is 79.6 Å². The highest BCUT2D eigenvalue weighted by molar-refractivity contribution is 6.30. The molecule has 74 valence electrons. The smallest absolute Gasteiger partial charge is 0.338 e. The van der Waals surface area contributed by atoms with Crippen molar-refractivity contribution < 1.29 is 24.2 Å². The van der Waals surface area contributed by atoms with E-state index in [2.05, 4.69) is 9.47 Å². The van der Waals surface area contributed by atoms with Crippen LogP contribution in [0.1, 0.15) is 6.42 Å². The van der Waals surface area contributed by atoms with Crippen LogP contribution in [0.5, 0.6) is 0 Å². The van der Waals surface area contributed by atoms with E-state index in [1.807, 2.05) is 0 Å². The minimum Gasteiger partial charge on any atom is -0.467 e. The van der Waals surface area contributed by atoms with Gasteiger partial charge in [0.15, 0.2) is 6.10 Å². The summed E-state index contributed by atoms with van der Waals surface area (Å²) in [6.07, 6.45) is -2.21. The molecule has 0 unspecified atom stereocenters. The van der Waals surface area contributed by atoms with Gasteiger partial charge in [-0.1, -0.05) is 0 Å². The van der Waals surface area contributed by atoms with Gasteiger partial charge in [-0.15, -0.1) is 11.6 Å². The maximum atomic E-state index is 10.8. The normalized spacial score (nSPS) is 29.6. The summed E-state index contributed by atoms with van der Waals surface area (Å²) in [4.78, 5) is 21.6. The van der Waals surface area contributed by atoms with Crippen molar-refractivity contribution in [2.75, 3.05) is 7.11 Å². The highest BCUT2D eigenvalue weighted by atomic mass is 35.5. The van der Waals surface area contributed by atoms with E-state index in [0.717, 1.165) is 7.11 Å². The van der Waals surface area contributed by atoms with E-state index in [0.29, 0.717) is 0 Å². The number of alkyl halides is 1. The quantitative estimate of drug-likeness (QED) is 0.487. The summed E-state index contributed by atoms with van der Waals surface area (Å²) >= 11 is 5.51. The molecule has 0 radical (unpaired) electrons. The second kappa shape index (κ2) is 3.93. The first-order chi connectivity index (χ1) is 6.06.